The minimum absolute atomic E-state index is 0.174. The first-order valence-electron chi connectivity index (χ1n) is 5.44. The highest BCUT2D eigenvalue weighted by atomic mass is 16.5. The largest absolute Gasteiger partial charge is 0.462 e. The molecule has 0 saturated carbocycles. The lowest BCUT2D eigenvalue weighted by Crippen LogP contribution is -2.30. The van der Waals surface area contributed by atoms with Crippen molar-refractivity contribution < 1.29 is 14.3 Å². The quantitative estimate of drug-likeness (QED) is 0.530. The first-order valence-corrected chi connectivity index (χ1v) is 5.44. The van der Waals surface area contributed by atoms with Crippen molar-refractivity contribution in [3.05, 3.63) is 12.2 Å². The second-order valence-corrected chi connectivity index (χ2v) is 4.63. The smallest absolute Gasteiger partial charge is 0.333 e. The van der Waals surface area contributed by atoms with Crippen molar-refractivity contribution in [2.75, 3.05) is 19.8 Å². The molecule has 0 aromatic rings. The summed E-state index contributed by atoms with van der Waals surface area (Å²) in [6.07, 6.45) is 3.12. The summed E-state index contributed by atoms with van der Waals surface area (Å²) in [5, 5.41) is 0. The second-order valence-electron chi connectivity index (χ2n) is 4.63. The Kier molecular flexibility index (Phi) is 4.33. The van der Waals surface area contributed by atoms with E-state index in [-0.39, 0.29) is 11.4 Å². The number of ether oxygens (including phenoxy) is 2. The van der Waals surface area contributed by atoms with Crippen LogP contribution in [0.5, 0.6) is 0 Å². The SMILES string of the molecule is C=C(C)C(=O)OCCC1(C)CCCOC1. The van der Waals surface area contributed by atoms with Crippen molar-refractivity contribution >= 4 is 5.97 Å². The molecule has 0 aromatic heterocycles. The average Bonchev–Trinajstić information content (AvgIpc) is 2.18. The first kappa shape index (κ1) is 12.2. The highest BCUT2D eigenvalue weighted by Crippen LogP contribution is 2.31. The molecule has 3 heteroatoms. The van der Waals surface area contributed by atoms with Gasteiger partial charge in [0.25, 0.3) is 0 Å². The van der Waals surface area contributed by atoms with Crippen LogP contribution in [0.2, 0.25) is 0 Å². The highest BCUT2D eigenvalue weighted by Gasteiger charge is 2.27. The van der Waals surface area contributed by atoms with Gasteiger partial charge in [-0.25, -0.2) is 4.79 Å². The van der Waals surface area contributed by atoms with Crippen LogP contribution in [-0.4, -0.2) is 25.8 Å². The fourth-order valence-corrected chi connectivity index (χ4v) is 1.70. The van der Waals surface area contributed by atoms with Crippen molar-refractivity contribution in [2.45, 2.75) is 33.1 Å². The van der Waals surface area contributed by atoms with Crippen LogP contribution in [0.1, 0.15) is 33.1 Å². The lowest BCUT2D eigenvalue weighted by Gasteiger charge is -2.33. The minimum atomic E-state index is -0.296. The molecule has 86 valence electrons. The average molecular weight is 212 g/mol. The summed E-state index contributed by atoms with van der Waals surface area (Å²) < 4.78 is 10.5. The van der Waals surface area contributed by atoms with Crippen LogP contribution in [0.3, 0.4) is 0 Å². The number of hydrogen-bond acceptors (Lipinski definition) is 3. The molecule has 15 heavy (non-hydrogen) atoms. The van der Waals surface area contributed by atoms with Gasteiger partial charge in [-0.1, -0.05) is 13.5 Å². The third-order valence-electron chi connectivity index (χ3n) is 2.81. The zero-order valence-corrected chi connectivity index (χ0v) is 9.67. The molecular weight excluding hydrogens is 192 g/mol. The normalized spacial score (nSPS) is 26.0. The molecule has 0 aliphatic carbocycles. The molecule has 0 bridgehead atoms. The minimum Gasteiger partial charge on any atom is -0.462 e. The molecule has 0 amide bonds. The predicted molar refractivity (Wildman–Crippen MR) is 58.6 cm³/mol. The van der Waals surface area contributed by atoms with E-state index in [0.29, 0.717) is 12.2 Å². The van der Waals surface area contributed by atoms with E-state index in [0.717, 1.165) is 32.5 Å². The van der Waals surface area contributed by atoms with Gasteiger partial charge in [-0.2, -0.15) is 0 Å². The highest BCUT2D eigenvalue weighted by molar-refractivity contribution is 5.86. The van der Waals surface area contributed by atoms with Gasteiger partial charge in [-0.3, -0.25) is 0 Å². The molecule has 1 heterocycles. The summed E-state index contributed by atoms with van der Waals surface area (Å²) in [5.74, 6) is -0.296. The lowest BCUT2D eigenvalue weighted by molar-refractivity contribution is -0.140. The van der Waals surface area contributed by atoms with Gasteiger partial charge >= 0.3 is 5.97 Å². The predicted octanol–water partition coefficient (Wildman–Crippen LogP) is 2.31. The van der Waals surface area contributed by atoms with Crippen molar-refractivity contribution in [1.29, 1.82) is 0 Å². The zero-order valence-electron chi connectivity index (χ0n) is 9.67. The van der Waals surface area contributed by atoms with Gasteiger partial charge < -0.3 is 9.47 Å². The fourth-order valence-electron chi connectivity index (χ4n) is 1.70. The van der Waals surface area contributed by atoms with Crippen LogP contribution in [0.15, 0.2) is 12.2 Å². The molecule has 1 fully saturated rings. The van der Waals surface area contributed by atoms with Crippen LogP contribution in [0, 0.1) is 5.41 Å². The molecule has 1 saturated heterocycles. The number of esters is 1. The van der Waals surface area contributed by atoms with Crippen LogP contribution in [0.4, 0.5) is 0 Å². The monoisotopic (exact) mass is 212 g/mol. The van der Waals surface area contributed by atoms with Crippen molar-refractivity contribution in [3.63, 3.8) is 0 Å². The van der Waals surface area contributed by atoms with Crippen LogP contribution in [0.25, 0.3) is 0 Å². The van der Waals surface area contributed by atoms with Gasteiger partial charge in [0.2, 0.25) is 0 Å². The van der Waals surface area contributed by atoms with Crippen LogP contribution >= 0.6 is 0 Å². The summed E-state index contributed by atoms with van der Waals surface area (Å²) in [4.78, 5) is 11.1. The van der Waals surface area contributed by atoms with E-state index in [1.54, 1.807) is 6.92 Å². The fraction of sp³-hybridized carbons (Fsp3) is 0.750. The molecule has 1 unspecified atom stereocenters. The van der Waals surface area contributed by atoms with Gasteiger partial charge in [0, 0.05) is 12.2 Å². The molecule has 1 rings (SSSR count). The van der Waals surface area contributed by atoms with Crippen molar-refractivity contribution in [3.8, 4) is 0 Å². The maximum absolute atomic E-state index is 11.1. The first-order chi connectivity index (χ1) is 7.03. The molecule has 0 spiro atoms. The second kappa shape index (κ2) is 5.31. The summed E-state index contributed by atoms with van der Waals surface area (Å²) in [6, 6.07) is 0. The van der Waals surface area contributed by atoms with Gasteiger partial charge in [-0.15, -0.1) is 0 Å². The third kappa shape index (κ3) is 4.04. The van der Waals surface area contributed by atoms with E-state index in [4.69, 9.17) is 9.47 Å². The third-order valence-corrected chi connectivity index (χ3v) is 2.81. The Morgan fingerprint density at radius 2 is 2.33 bits per heavy atom. The standard InChI is InChI=1S/C12H20O3/c1-10(2)11(13)15-8-6-12(3)5-4-7-14-9-12/h1,4-9H2,2-3H3. The van der Waals surface area contributed by atoms with Crippen LogP contribution in [-0.2, 0) is 14.3 Å². The Morgan fingerprint density at radius 1 is 1.60 bits per heavy atom. The van der Waals surface area contributed by atoms with E-state index in [1.165, 1.54) is 0 Å². The van der Waals surface area contributed by atoms with E-state index in [2.05, 4.69) is 13.5 Å². The van der Waals surface area contributed by atoms with E-state index in [1.807, 2.05) is 0 Å². The Hall–Kier alpha value is -0.830. The summed E-state index contributed by atoms with van der Waals surface area (Å²) >= 11 is 0. The molecule has 0 aromatic carbocycles. The molecule has 0 radical (unpaired) electrons. The molecule has 3 nitrogen and oxygen atoms in total. The van der Waals surface area contributed by atoms with Gasteiger partial charge in [0.05, 0.1) is 13.2 Å². The maximum Gasteiger partial charge on any atom is 0.333 e. The van der Waals surface area contributed by atoms with Gasteiger partial charge in [0.15, 0.2) is 0 Å². The maximum atomic E-state index is 11.1. The van der Waals surface area contributed by atoms with Crippen LogP contribution < -0.4 is 0 Å². The summed E-state index contributed by atoms with van der Waals surface area (Å²) in [6.45, 7) is 9.48. The number of rotatable bonds is 4. The molecular formula is C12H20O3. The number of carbonyl (C=O) groups is 1. The zero-order chi connectivity index (χ0) is 11.3. The Morgan fingerprint density at radius 3 is 2.87 bits per heavy atom. The van der Waals surface area contributed by atoms with Crippen molar-refractivity contribution in [2.24, 2.45) is 5.41 Å². The Labute approximate surface area is 91.4 Å². The van der Waals surface area contributed by atoms with E-state index in [9.17, 15) is 4.79 Å². The Balaban J connectivity index is 2.24. The van der Waals surface area contributed by atoms with E-state index < -0.39 is 0 Å². The molecule has 0 N–H and O–H groups in total. The molecule has 1 atom stereocenters. The van der Waals surface area contributed by atoms with Gasteiger partial charge in [-0.05, 0) is 31.6 Å². The molecule has 1 aliphatic heterocycles. The van der Waals surface area contributed by atoms with Gasteiger partial charge in [0.1, 0.15) is 0 Å². The Bertz CT molecular complexity index is 239. The topological polar surface area (TPSA) is 35.5 Å². The van der Waals surface area contributed by atoms with E-state index >= 15 is 0 Å². The number of carbonyl (C=O) groups excluding carboxylic acids is 1. The summed E-state index contributed by atoms with van der Waals surface area (Å²) in [7, 11) is 0. The lowest BCUT2D eigenvalue weighted by atomic mass is 9.82. The number of hydrogen-bond donors (Lipinski definition) is 0. The van der Waals surface area contributed by atoms with Crippen molar-refractivity contribution in [1.82, 2.24) is 0 Å². The summed E-state index contributed by atoms with van der Waals surface area (Å²) in [5.41, 5.74) is 0.633. The molecule has 1 aliphatic rings.